The number of carbonyl (C=O) groups excluding carboxylic acids is 2. The Kier molecular flexibility index (Phi) is 7.79. The van der Waals surface area contributed by atoms with Crippen molar-refractivity contribution in [3.8, 4) is 0 Å². The maximum Gasteiger partial charge on any atom is 0.336 e. The molecule has 4 atom stereocenters. The van der Waals surface area contributed by atoms with Crippen molar-refractivity contribution in [1.29, 1.82) is 0 Å². The fourth-order valence-corrected chi connectivity index (χ4v) is 5.22. The summed E-state index contributed by atoms with van der Waals surface area (Å²) < 4.78 is 10.7. The SMILES string of the molecule is CCOC(=O)C1=C(Nc2ccc(NC3=C(C(=O)OCC)C4C=CC3CC4)cc2)C(CC)C=CC1C. The van der Waals surface area contributed by atoms with Gasteiger partial charge in [-0.05, 0) is 57.4 Å². The van der Waals surface area contributed by atoms with Gasteiger partial charge in [0.2, 0.25) is 0 Å². The van der Waals surface area contributed by atoms with Crippen molar-refractivity contribution in [2.45, 2.75) is 47.0 Å². The number of esters is 2. The number of allylic oxidation sites excluding steroid dienone is 4. The van der Waals surface area contributed by atoms with Crippen molar-refractivity contribution < 1.29 is 19.1 Å². The summed E-state index contributed by atoms with van der Waals surface area (Å²) >= 11 is 0. The van der Waals surface area contributed by atoms with Crippen LogP contribution in [0.4, 0.5) is 11.4 Å². The number of carbonyl (C=O) groups is 2. The van der Waals surface area contributed by atoms with Gasteiger partial charge in [0.25, 0.3) is 0 Å². The Morgan fingerprint density at radius 2 is 1.31 bits per heavy atom. The number of hydrogen-bond donors (Lipinski definition) is 2. The molecule has 4 unspecified atom stereocenters. The third-order valence-corrected chi connectivity index (χ3v) is 7.02. The van der Waals surface area contributed by atoms with Crippen molar-refractivity contribution in [3.63, 3.8) is 0 Å². The topological polar surface area (TPSA) is 76.7 Å². The predicted molar refractivity (Wildman–Crippen MR) is 138 cm³/mol. The van der Waals surface area contributed by atoms with Crippen LogP contribution < -0.4 is 10.6 Å². The summed E-state index contributed by atoms with van der Waals surface area (Å²) in [6.07, 6.45) is 11.5. The van der Waals surface area contributed by atoms with Crippen LogP contribution in [0, 0.1) is 23.7 Å². The normalized spacial score (nSPS) is 25.0. The largest absolute Gasteiger partial charge is 0.463 e. The molecular formula is C29H36N2O4. The summed E-state index contributed by atoms with van der Waals surface area (Å²) in [6.45, 7) is 8.52. The van der Waals surface area contributed by atoms with E-state index < -0.39 is 0 Å². The van der Waals surface area contributed by atoms with Crippen molar-refractivity contribution >= 4 is 23.3 Å². The first kappa shape index (κ1) is 24.8. The highest BCUT2D eigenvalue weighted by Gasteiger charge is 2.36. The molecule has 0 saturated carbocycles. The zero-order valence-corrected chi connectivity index (χ0v) is 21.1. The van der Waals surface area contributed by atoms with Gasteiger partial charge in [0.15, 0.2) is 0 Å². The molecule has 1 aromatic rings. The molecule has 1 aromatic carbocycles. The van der Waals surface area contributed by atoms with Gasteiger partial charge in [0.1, 0.15) is 0 Å². The van der Waals surface area contributed by atoms with E-state index in [-0.39, 0.29) is 35.6 Å². The Labute approximate surface area is 208 Å². The van der Waals surface area contributed by atoms with Crippen molar-refractivity contribution in [1.82, 2.24) is 0 Å². The number of fused-ring (bicyclic) bond motifs is 1. The van der Waals surface area contributed by atoms with Crippen molar-refractivity contribution in [2.24, 2.45) is 23.7 Å². The van der Waals surface area contributed by atoms with Crippen LogP contribution in [0.5, 0.6) is 0 Å². The predicted octanol–water partition coefficient (Wildman–Crippen LogP) is 5.97. The Bertz CT molecular complexity index is 1080. The molecule has 0 radical (unpaired) electrons. The number of hydrogen-bond acceptors (Lipinski definition) is 6. The second-order valence-electron chi connectivity index (χ2n) is 9.29. The van der Waals surface area contributed by atoms with E-state index in [0.717, 1.165) is 47.6 Å². The van der Waals surface area contributed by atoms with Crippen LogP contribution in [0.1, 0.15) is 47.0 Å². The molecule has 0 fully saturated rings. The average Bonchev–Trinajstić information content (AvgIpc) is 2.86. The van der Waals surface area contributed by atoms with E-state index in [9.17, 15) is 9.59 Å². The monoisotopic (exact) mass is 476 g/mol. The van der Waals surface area contributed by atoms with E-state index >= 15 is 0 Å². The lowest BCUT2D eigenvalue weighted by molar-refractivity contribution is -0.140. The molecule has 0 amide bonds. The fraction of sp³-hybridized carbons (Fsp3) is 0.448. The van der Waals surface area contributed by atoms with Gasteiger partial charge in [-0.15, -0.1) is 0 Å². The van der Waals surface area contributed by atoms with Crippen molar-refractivity contribution in [3.05, 3.63) is 71.1 Å². The third-order valence-electron chi connectivity index (χ3n) is 7.02. The molecule has 6 heteroatoms. The summed E-state index contributed by atoms with van der Waals surface area (Å²) in [5, 5.41) is 7.01. The first-order valence-electron chi connectivity index (χ1n) is 12.8. The molecule has 35 heavy (non-hydrogen) atoms. The Balaban J connectivity index is 1.57. The molecular weight excluding hydrogens is 440 g/mol. The molecule has 2 N–H and O–H groups in total. The zero-order chi connectivity index (χ0) is 24.9. The molecule has 6 nitrogen and oxygen atoms in total. The van der Waals surface area contributed by atoms with Gasteiger partial charge in [0.05, 0.1) is 24.4 Å². The van der Waals surface area contributed by atoms with Gasteiger partial charge in [-0.1, -0.05) is 38.2 Å². The molecule has 0 spiro atoms. The van der Waals surface area contributed by atoms with E-state index in [2.05, 4.69) is 41.9 Å². The molecule has 0 saturated heterocycles. The Hall–Kier alpha value is -3.28. The standard InChI is InChI=1S/C29H36N2O4/c1-5-19-9-8-18(4)24(28(32)34-6-2)26(19)30-22-14-16-23(17-15-22)31-27-21-12-10-20(11-13-21)25(27)29(33)35-7-3/h8-10,12,14-21,30-31H,5-7,11,13H2,1-4H3. The van der Waals surface area contributed by atoms with Gasteiger partial charge < -0.3 is 20.1 Å². The highest BCUT2D eigenvalue weighted by molar-refractivity contribution is 5.92. The zero-order valence-electron chi connectivity index (χ0n) is 21.1. The van der Waals surface area contributed by atoms with Crippen LogP contribution in [-0.4, -0.2) is 25.2 Å². The van der Waals surface area contributed by atoms with Crippen LogP contribution in [0.25, 0.3) is 0 Å². The van der Waals surface area contributed by atoms with E-state index in [1.807, 2.05) is 45.0 Å². The second kappa shape index (κ2) is 11.0. The van der Waals surface area contributed by atoms with E-state index in [0.29, 0.717) is 18.8 Å². The van der Waals surface area contributed by atoms with Crippen LogP contribution in [0.15, 0.2) is 71.1 Å². The minimum Gasteiger partial charge on any atom is -0.463 e. The second-order valence-corrected chi connectivity index (χ2v) is 9.29. The summed E-state index contributed by atoms with van der Waals surface area (Å²) in [4.78, 5) is 25.4. The molecule has 0 aromatic heterocycles. The van der Waals surface area contributed by atoms with Gasteiger partial charge in [-0.3, -0.25) is 0 Å². The molecule has 2 bridgehead atoms. The molecule has 0 aliphatic heterocycles. The van der Waals surface area contributed by atoms with Gasteiger partial charge in [0, 0.05) is 46.4 Å². The number of nitrogens with one attached hydrogen (secondary N) is 2. The highest BCUT2D eigenvalue weighted by Crippen LogP contribution is 2.41. The number of anilines is 2. The minimum absolute atomic E-state index is 0.0108. The maximum absolute atomic E-state index is 12.7. The summed E-state index contributed by atoms with van der Waals surface area (Å²) in [5.41, 5.74) is 5.12. The van der Waals surface area contributed by atoms with E-state index in [1.54, 1.807) is 0 Å². The lowest BCUT2D eigenvalue weighted by atomic mass is 9.74. The van der Waals surface area contributed by atoms with E-state index in [1.165, 1.54) is 0 Å². The quantitative estimate of drug-likeness (QED) is 0.338. The number of benzene rings is 1. The van der Waals surface area contributed by atoms with Crippen LogP contribution in [0.2, 0.25) is 0 Å². The first-order chi connectivity index (χ1) is 17.0. The highest BCUT2D eigenvalue weighted by atomic mass is 16.5. The van der Waals surface area contributed by atoms with Crippen molar-refractivity contribution in [2.75, 3.05) is 23.8 Å². The summed E-state index contributed by atoms with van der Waals surface area (Å²) in [7, 11) is 0. The molecule has 4 aliphatic carbocycles. The van der Waals surface area contributed by atoms with Gasteiger partial charge in [-0.2, -0.15) is 0 Å². The smallest absolute Gasteiger partial charge is 0.336 e. The Morgan fingerprint density at radius 3 is 1.86 bits per heavy atom. The number of rotatable bonds is 9. The molecule has 5 rings (SSSR count). The van der Waals surface area contributed by atoms with Crippen LogP contribution >= 0.6 is 0 Å². The average molecular weight is 477 g/mol. The van der Waals surface area contributed by atoms with Gasteiger partial charge >= 0.3 is 11.9 Å². The fourth-order valence-electron chi connectivity index (χ4n) is 5.22. The summed E-state index contributed by atoms with van der Waals surface area (Å²) in [5.74, 6) is -0.0507. The molecule has 0 heterocycles. The Morgan fingerprint density at radius 1 is 0.771 bits per heavy atom. The maximum atomic E-state index is 12.7. The lowest BCUT2D eigenvalue weighted by Crippen LogP contribution is -2.31. The molecule has 4 aliphatic rings. The van der Waals surface area contributed by atoms with Crippen LogP contribution in [0.3, 0.4) is 0 Å². The first-order valence-corrected chi connectivity index (χ1v) is 12.8. The van der Waals surface area contributed by atoms with Crippen LogP contribution in [-0.2, 0) is 19.1 Å². The summed E-state index contributed by atoms with van der Waals surface area (Å²) in [6, 6.07) is 7.99. The molecule has 186 valence electrons. The third kappa shape index (κ3) is 5.21. The lowest BCUT2D eigenvalue weighted by Gasteiger charge is -2.35. The van der Waals surface area contributed by atoms with E-state index in [4.69, 9.17) is 9.47 Å². The number of ether oxygens (including phenoxy) is 2. The minimum atomic E-state index is -0.262. The van der Waals surface area contributed by atoms with Gasteiger partial charge in [-0.25, -0.2) is 9.59 Å².